The lowest BCUT2D eigenvalue weighted by molar-refractivity contribution is 0.0652. The summed E-state index contributed by atoms with van der Waals surface area (Å²) in [4.78, 5) is 10.8. The van der Waals surface area contributed by atoms with E-state index >= 15 is 0 Å². The third-order valence-electron chi connectivity index (χ3n) is 2.61. The van der Waals surface area contributed by atoms with Gasteiger partial charge < -0.3 is 14.4 Å². The van der Waals surface area contributed by atoms with Gasteiger partial charge in [-0.25, -0.2) is 9.18 Å². The molecule has 1 N–H and O–H groups in total. The molecular weight excluding hydrogens is 277 g/mol. The molecule has 0 aliphatic carbocycles. The van der Waals surface area contributed by atoms with Crippen LogP contribution < -0.4 is 4.74 Å². The fourth-order valence-electron chi connectivity index (χ4n) is 1.70. The Morgan fingerprint density at radius 2 is 2.21 bits per heavy atom. The van der Waals surface area contributed by atoms with Crippen molar-refractivity contribution in [1.82, 2.24) is 5.16 Å². The number of halogens is 2. The second kappa shape index (κ2) is 4.89. The second-order valence-corrected chi connectivity index (χ2v) is 4.16. The minimum absolute atomic E-state index is 0.0628. The van der Waals surface area contributed by atoms with Crippen LogP contribution in [0.15, 0.2) is 16.7 Å². The first-order valence-corrected chi connectivity index (χ1v) is 5.56. The van der Waals surface area contributed by atoms with Gasteiger partial charge in [0, 0.05) is 11.1 Å². The number of carboxylic acids is 1. The molecular formula is C12H9ClFNO4. The summed E-state index contributed by atoms with van der Waals surface area (Å²) in [6.45, 7) is 1.65. The van der Waals surface area contributed by atoms with Gasteiger partial charge in [0.1, 0.15) is 5.69 Å². The average molecular weight is 286 g/mol. The highest BCUT2D eigenvalue weighted by atomic mass is 35.5. The Morgan fingerprint density at radius 3 is 2.74 bits per heavy atom. The standard InChI is InChI=1S/C12H9ClFNO4/c1-5-6(13)3-7(14)11(18-2)10(5)8-4-9(12(16)17)19-15-8/h3-4H,1-2H3,(H,16,17). The monoisotopic (exact) mass is 285 g/mol. The Bertz CT molecular complexity index is 653. The van der Waals surface area contributed by atoms with Gasteiger partial charge in [0.15, 0.2) is 11.6 Å². The van der Waals surface area contributed by atoms with Gasteiger partial charge in [-0.3, -0.25) is 0 Å². The molecule has 2 rings (SSSR count). The number of methoxy groups -OCH3 is 1. The van der Waals surface area contributed by atoms with E-state index in [9.17, 15) is 9.18 Å². The average Bonchev–Trinajstić information content (AvgIpc) is 2.82. The largest absolute Gasteiger partial charge is 0.493 e. The molecule has 5 nitrogen and oxygen atoms in total. The van der Waals surface area contributed by atoms with Crippen LogP contribution in [0.2, 0.25) is 5.02 Å². The van der Waals surface area contributed by atoms with Crippen LogP contribution in [-0.2, 0) is 0 Å². The first-order chi connectivity index (χ1) is 8.95. The minimum atomic E-state index is -1.27. The van der Waals surface area contributed by atoms with E-state index in [1.54, 1.807) is 6.92 Å². The zero-order valence-electron chi connectivity index (χ0n) is 10.0. The number of aromatic carboxylic acids is 1. The molecule has 0 unspecified atom stereocenters. The summed E-state index contributed by atoms with van der Waals surface area (Å²) < 4.78 is 23.4. The van der Waals surface area contributed by atoms with Crippen LogP contribution in [-0.4, -0.2) is 23.3 Å². The van der Waals surface area contributed by atoms with Gasteiger partial charge in [-0.2, -0.15) is 0 Å². The lowest BCUT2D eigenvalue weighted by Crippen LogP contribution is -1.96. The molecule has 0 saturated heterocycles. The topological polar surface area (TPSA) is 72.6 Å². The highest BCUT2D eigenvalue weighted by Gasteiger charge is 2.21. The van der Waals surface area contributed by atoms with E-state index < -0.39 is 11.8 Å². The summed E-state index contributed by atoms with van der Waals surface area (Å²) in [5.74, 6) is -2.34. The van der Waals surface area contributed by atoms with Crippen molar-refractivity contribution in [3.05, 3.63) is 34.3 Å². The van der Waals surface area contributed by atoms with Crippen LogP contribution in [0.4, 0.5) is 4.39 Å². The second-order valence-electron chi connectivity index (χ2n) is 3.76. The molecule has 0 fully saturated rings. The molecule has 0 spiro atoms. The molecule has 2 aromatic rings. The Hall–Kier alpha value is -2.08. The first kappa shape index (κ1) is 13.4. The van der Waals surface area contributed by atoms with Gasteiger partial charge in [-0.1, -0.05) is 16.8 Å². The molecule has 1 aromatic heterocycles. The van der Waals surface area contributed by atoms with Crippen molar-refractivity contribution >= 4 is 17.6 Å². The number of carboxylic acid groups (broad SMARTS) is 1. The number of hydrogen-bond acceptors (Lipinski definition) is 4. The Morgan fingerprint density at radius 1 is 1.53 bits per heavy atom. The fourth-order valence-corrected chi connectivity index (χ4v) is 1.89. The van der Waals surface area contributed by atoms with Gasteiger partial charge in [-0.15, -0.1) is 0 Å². The van der Waals surface area contributed by atoms with E-state index in [4.69, 9.17) is 21.4 Å². The SMILES string of the molecule is COc1c(F)cc(Cl)c(C)c1-c1cc(C(=O)O)on1. The van der Waals surface area contributed by atoms with Crippen molar-refractivity contribution in [3.8, 4) is 17.0 Å². The smallest absolute Gasteiger partial charge is 0.374 e. The predicted octanol–water partition coefficient (Wildman–Crippen LogP) is 3.15. The predicted molar refractivity (Wildman–Crippen MR) is 65.2 cm³/mol. The third kappa shape index (κ3) is 2.26. The molecule has 19 heavy (non-hydrogen) atoms. The summed E-state index contributed by atoms with van der Waals surface area (Å²) in [6.07, 6.45) is 0. The number of hydrogen-bond donors (Lipinski definition) is 1. The highest BCUT2D eigenvalue weighted by Crippen LogP contribution is 2.38. The van der Waals surface area contributed by atoms with Gasteiger partial charge in [0.05, 0.1) is 12.7 Å². The van der Waals surface area contributed by atoms with Crippen LogP contribution in [0.5, 0.6) is 5.75 Å². The van der Waals surface area contributed by atoms with E-state index in [1.165, 1.54) is 13.2 Å². The van der Waals surface area contributed by atoms with Gasteiger partial charge in [-0.05, 0) is 18.6 Å². The zero-order chi connectivity index (χ0) is 14.2. The van der Waals surface area contributed by atoms with Crippen molar-refractivity contribution in [2.24, 2.45) is 0 Å². The lowest BCUT2D eigenvalue weighted by Gasteiger charge is -2.11. The molecule has 0 amide bonds. The van der Waals surface area contributed by atoms with E-state index in [0.717, 1.165) is 6.07 Å². The fraction of sp³-hybridized carbons (Fsp3) is 0.167. The maximum absolute atomic E-state index is 13.8. The molecule has 0 saturated carbocycles. The zero-order valence-corrected chi connectivity index (χ0v) is 10.8. The van der Waals surface area contributed by atoms with E-state index in [0.29, 0.717) is 5.56 Å². The number of carbonyl (C=O) groups is 1. The van der Waals surface area contributed by atoms with Crippen LogP contribution in [0, 0.1) is 12.7 Å². The number of ether oxygens (including phenoxy) is 1. The quantitative estimate of drug-likeness (QED) is 0.938. The van der Waals surface area contributed by atoms with Gasteiger partial charge in [0.25, 0.3) is 0 Å². The van der Waals surface area contributed by atoms with Crippen molar-refractivity contribution < 1.29 is 23.6 Å². The molecule has 0 aliphatic rings. The van der Waals surface area contributed by atoms with Crippen LogP contribution in [0.25, 0.3) is 11.3 Å². The molecule has 0 radical (unpaired) electrons. The molecule has 1 aromatic carbocycles. The Kier molecular flexibility index (Phi) is 3.44. The van der Waals surface area contributed by atoms with E-state index in [1.807, 2.05) is 0 Å². The van der Waals surface area contributed by atoms with Crippen molar-refractivity contribution in [2.75, 3.05) is 7.11 Å². The maximum Gasteiger partial charge on any atom is 0.374 e. The molecule has 0 aliphatic heterocycles. The first-order valence-electron chi connectivity index (χ1n) is 5.18. The van der Waals surface area contributed by atoms with E-state index in [-0.39, 0.29) is 27.8 Å². The molecule has 0 bridgehead atoms. The highest BCUT2D eigenvalue weighted by molar-refractivity contribution is 6.31. The van der Waals surface area contributed by atoms with Crippen LogP contribution in [0.1, 0.15) is 16.1 Å². The van der Waals surface area contributed by atoms with Gasteiger partial charge >= 0.3 is 5.97 Å². The lowest BCUT2D eigenvalue weighted by atomic mass is 10.0. The number of aromatic nitrogens is 1. The number of nitrogens with zero attached hydrogens (tertiary/aromatic N) is 1. The normalized spacial score (nSPS) is 10.5. The van der Waals surface area contributed by atoms with Crippen LogP contribution >= 0.6 is 11.6 Å². The molecule has 7 heteroatoms. The summed E-state index contributed by atoms with van der Waals surface area (Å²) in [5, 5.41) is 12.6. The number of rotatable bonds is 3. The maximum atomic E-state index is 13.8. The van der Waals surface area contributed by atoms with Crippen LogP contribution in [0.3, 0.4) is 0 Å². The van der Waals surface area contributed by atoms with Crippen molar-refractivity contribution in [1.29, 1.82) is 0 Å². The Balaban J connectivity index is 2.69. The Labute approximate surface area is 112 Å². The minimum Gasteiger partial charge on any atom is -0.493 e. The summed E-state index contributed by atoms with van der Waals surface area (Å²) in [7, 11) is 1.30. The van der Waals surface area contributed by atoms with E-state index in [2.05, 4.69) is 9.68 Å². The van der Waals surface area contributed by atoms with Gasteiger partial charge in [0.2, 0.25) is 5.76 Å². The van der Waals surface area contributed by atoms with Crippen molar-refractivity contribution in [2.45, 2.75) is 6.92 Å². The summed E-state index contributed by atoms with van der Waals surface area (Å²) in [5.41, 5.74) is 0.932. The number of benzene rings is 1. The molecule has 1 heterocycles. The third-order valence-corrected chi connectivity index (χ3v) is 3.00. The summed E-state index contributed by atoms with van der Waals surface area (Å²) >= 11 is 5.90. The molecule has 0 atom stereocenters. The van der Waals surface area contributed by atoms with Crippen molar-refractivity contribution in [3.63, 3.8) is 0 Å². The molecule has 100 valence electrons. The summed E-state index contributed by atoms with van der Waals surface area (Å²) in [6, 6.07) is 2.31.